The fourth-order valence-electron chi connectivity index (χ4n) is 3.18. The number of carbonyl (C=O) groups is 2. The fourth-order valence-corrected chi connectivity index (χ4v) is 3.45. The normalized spacial score (nSPS) is 25.0. The average Bonchev–Trinajstić information content (AvgIpc) is 2.61. The number of alkyl halides is 3. The van der Waals surface area contributed by atoms with Crippen LogP contribution in [0.3, 0.4) is 0 Å². The van der Waals surface area contributed by atoms with Crippen molar-refractivity contribution in [3.8, 4) is 0 Å². The van der Waals surface area contributed by atoms with Crippen LogP contribution in [0.5, 0.6) is 0 Å². The summed E-state index contributed by atoms with van der Waals surface area (Å²) in [5, 5.41) is 14.3. The van der Waals surface area contributed by atoms with Gasteiger partial charge in [-0.1, -0.05) is 57.9 Å². The third-order valence-electron chi connectivity index (χ3n) is 4.65. The minimum Gasteiger partial charge on any atom is -0.363 e. The van der Waals surface area contributed by atoms with Crippen molar-refractivity contribution in [1.82, 2.24) is 10.6 Å². The van der Waals surface area contributed by atoms with Gasteiger partial charge in [-0.15, -0.1) is 0 Å². The van der Waals surface area contributed by atoms with Crippen LogP contribution in [-0.2, 0) is 0 Å². The lowest BCUT2D eigenvalue weighted by Crippen LogP contribution is -2.72. The number of aryl methyl sites for hydroxylation is 1. The van der Waals surface area contributed by atoms with E-state index in [2.05, 4.69) is 21.2 Å². The van der Waals surface area contributed by atoms with Gasteiger partial charge in [-0.05, 0) is 24.6 Å². The maximum atomic E-state index is 13.8. The molecule has 3 N–H and O–H groups in total. The number of urea groups is 1. The molecule has 3 rings (SSSR count). The molecule has 0 aromatic heterocycles. The quantitative estimate of drug-likeness (QED) is 0.613. The van der Waals surface area contributed by atoms with Crippen LogP contribution < -0.4 is 10.6 Å². The molecule has 1 aliphatic rings. The molecule has 0 radical (unpaired) electrons. The van der Waals surface area contributed by atoms with Crippen molar-refractivity contribution in [3.63, 3.8) is 0 Å². The Hall–Kier alpha value is -2.39. The summed E-state index contributed by atoms with van der Waals surface area (Å²) in [5.41, 5.74) is -2.62. The number of rotatable bonds is 3. The molecule has 2 aromatic rings. The van der Waals surface area contributed by atoms with Gasteiger partial charge < -0.3 is 15.7 Å². The lowest BCUT2D eigenvalue weighted by atomic mass is 9.77. The first-order valence-electron chi connectivity index (χ1n) is 8.27. The SMILES string of the molecule is Cc1ccc([C@H]2NC(=O)N[C@](O)(C(F)(F)F)[C@@H]2C(=O)c2ccc(Br)cc2)cc1. The highest BCUT2D eigenvalue weighted by Crippen LogP contribution is 2.44. The lowest BCUT2D eigenvalue weighted by molar-refractivity contribution is -0.287. The number of Topliss-reactive ketones (excluding diaryl/α,β-unsaturated/α-hetero) is 1. The zero-order chi connectivity index (χ0) is 20.7. The minimum atomic E-state index is -5.27. The predicted molar refractivity (Wildman–Crippen MR) is 98.6 cm³/mol. The van der Waals surface area contributed by atoms with E-state index in [1.54, 1.807) is 19.1 Å². The highest BCUT2D eigenvalue weighted by atomic mass is 79.9. The van der Waals surface area contributed by atoms with Gasteiger partial charge in [0.1, 0.15) is 5.92 Å². The van der Waals surface area contributed by atoms with Crippen LogP contribution in [0.1, 0.15) is 27.5 Å². The van der Waals surface area contributed by atoms with E-state index in [1.807, 2.05) is 0 Å². The second-order valence-electron chi connectivity index (χ2n) is 6.60. The van der Waals surface area contributed by atoms with E-state index in [4.69, 9.17) is 0 Å². The molecule has 0 spiro atoms. The van der Waals surface area contributed by atoms with Crippen LogP contribution in [0.25, 0.3) is 0 Å². The number of aliphatic hydroxyl groups is 1. The van der Waals surface area contributed by atoms with Gasteiger partial charge in [0.05, 0.1) is 6.04 Å². The van der Waals surface area contributed by atoms with Crippen LogP contribution in [0.15, 0.2) is 53.0 Å². The molecular weight excluding hydrogens is 441 g/mol. The molecule has 5 nitrogen and oxygen atoms in total. The molecule has 0 bridgehead atoms. The van der Waals surface area contributed by atoms with E-state index in [0.717, 1.165) is 5.56 Å². The highest BCUT2D eigenvalue weighted by molar-refractivity contribution is 9.10. The maximum absolute atomic E-state index is 13.8. The van der Waals surface area contributed by atoms with E-state index in [9.17, 15) is 27.9 Å². The predicted octanol–water partition coefficient (Wildman–Crippen LogP) is 3.86. The van der Waals surface area contributed by atoms with Gasteiger partial charge in [-0.2, -0.15) is 13.2 Å². The fraction of sp³-hybridized carbons (Fsp3) is 0.263. The van der Waals surface area contributed by atoms with E-state index >= 15 is 0 Å². The number of ketones is 1. The summed E-state index contributed by atoms with van der Waals surface area (Å²) < 4.78 is 42.0. The van der Waals surface area contributed by atoms with Crippen molar-refractivity contribution in [3.05, 3.63) is 69.7 Å². The second kappa shape index (κ2) is 7.21. The summed E-state index contributed by atoms with van der Waals surface area (Å²) in [6, 6.07) is 9.47. The molecule has 0 saturated carbocycles. The van der Waals surface area contributed by atoms with Crippen molar-refractivity contribution in [2.75, 3.05) is 0 Å². The second-order valence-corrected chi connectivity index (χ2v) is 7.52. The Morgan fingerprint density at radius 2 is 1.68 bits per heavy atom. The van der Waals surface area contributed by atoms with Crippen LogP contribution in [-0.4, -0.2) is 28.8 Å². The monoisotopic (exact) mass is 456 g/mol. The van der Waals surface area contributed by atoms with Crippen molar-refractivity contribution in [1.29, 1.82) is 0 Å². The molecule has 0 aliphatic carbocycles. The van der Waals surface area contributed by atoms with Crippen LogP contribution in [0, 0.1) is 12.8 Å². The number of carbonyl (C=O) groups excluding carboxylic acids is 2. The smallest absolute Gasteiger partial charge is 0.363 e. The third-order valence-corrected chi connectivity index (χ3v) is 5.18. The zero-order valence-corrected chi connectivity index (χ0v) is 16.1. The van der Waals surface area contributed by atoms with Gasteiger partial charge in [-0.3, -0.25) is 4.79 Å². The van der Waals surface area contributed by atoms with E-state index < -0.39 is 35.7 Å². The molecule has 1 saturated heterocycles. The van der Waals surface area contributed by atoms with E-state index in [1.165, 1.54) is 41.7 Å². The van der Waals surface area contributed by atoms with Crippen LogP contribution in [0.2, 0.25) is 0 Å². The van der Waals surface area contributed by atoms with Crippen molar-refractivity contribution < 1.29 is 27.9 Å². The van der Waals surface area contributed by atoms with E-state index in [0.29, 0.717) is 4.47 Å². The Kier molecular flexibility index (Phi) is 5.24. The largest absolute Gasteiger partial charge is 0.437 e. The third kappa shape index (κ3) is 3.64. The first kappa shape index (κ1) is 20.3. The summed E-state index contributed by atoms with van der Waals surface area (Å²) >= 11 is 3.20. The van der Waals surface area contributed by atoms with Crippen molar-refractivity contribution >= 4 is 27.7 Å². The van der Waals surface area contributed by atoms with Gasteiger partial charge >= 0.3 is 12.2 Å². The van der Waals surface area contributed by atoms with Gasteiger partial charge in [-0.25, -0.2) is 4.79 Å². The Morgan fingerprint density at radius 3 is 2.21 bits per heavy atom. The Labute approximate surface area is 167 Å². The van der Waals surface area contributed by atoms with Crippen LogP contribution >= 0.6 is 15.9 Å². The molecule has 0 unspecified atom stereocenters. The standard InChI is InChI=1S/C19H16BrF3N2O3/c1-10-2-4-11(5-3-10)15-14(16(26)12-6-8-13(20)9-7-12)18(28,19(21,22)23)25-17(27)24-15/h2-9,14-15,28H,1H3,(H2,24,25,27)/t14-,15+,18+/m0/s1. The molecular formula is C19H16BrF3N2O3. The molecule has 3 atom stereocenters. The van der Waals surface area contributed by atoms with Gasteiger partial charge in [0, 0.05) is 10.0 Å². The molecule has 2 amide bonds. The zero-order valence-electron chi connectivity index (χ0n) is 14.5. The molecule has 148 valence electrons. The van der Waals surface area contributed by atoms with Crippen molar-refractivity contribution in [2.24, 2.45) is 5.92 Å². The number of benzene rings is 2. The lowest BCUT2D eigenvalue weighted by Gasteiger charge is -2.45. The number of hydrogen-bond acceptors (Lipinski definition) is 3. The maximum Gasteiger partial charge on any atom is 0.437 e. The topological polar surface area (TPSA) is 78.4 Å². The molecule has 9 heteroatoms. The number of halogens is 4. The molecule has 1 heterocycles. The number of nitrogens with one attached hydrogen (secondary N) is 2. The first-order valence-corrected chi connectivity index (χ1v) is 9.06. The Balaban J connectivity index is 2.15. The number of amides is 2. The van der Waals surface area contributed by atoms with Crippen molar-refractivity contribution in [2.45, 2.75) is 24.9 Å². The minimum absolute atomic E-state index is 0.0223. The number of hydrogen-bond donors (Lipinski definition) is 3. The van der Waals surface area contributed by atoms with E-state index in [-0.39, 0.29) is 11.1 Å². The first-order chi connectivity index (χ1) is 13.0. The Morgan fingerprint density at radius 1 is 1.11 bits per heavy atom. The van der Waals surface area contributed by atoms with Crippen LogP contribution in [0.4, 0.5) is 18.0 Å². The molecule has 2 aromatic carbocycles. The van der Waals surface area contributed by atoms with Gasteiger partial charge in [0.25, 0.3) is 0 Å². The Bertz CT molecular complexity index is 900. The molecule has 28 heavy (non-hydrogen) atoms. The highest BCUT2D eigenvalue weighted by Gasteiger charge is 2.66. The average molecular weight is 457 g/mol. The summed E-state index contributed by atoms with van der Waals surface area (Å²) in [7, 11) is 0. The van der Waals surface area contributed by atoms with Gasteiger partial charge in [0.2, 0.25) is 5.72 Å². The molecule has 1 aliphatic heterocycles. The summed E-state index contributed by atoms with van der Waals surface area (Å²) in [6.07, 6.45) is -5.27. The summed E-state index contributed by atoms with van der Waals surface area (Å²) in [5.74, 6) is -2.99. The molecule has 1 fully saturated rings. The summed E-state index contributed by atoms with van der Waals surface area (Å²) in [6.45, 7) is 1.79. The van der Waals surface area contributed by atoms with Gasteiger partial charge in [0.15, 0.2) is 5.78 Å². The summed E-state index contributed by atoms with van der Waals surface area (Å²) in [4.78, 5) is 25.0.